The van der Waals surface area contributed by atoms with Crippen LogP contribution in [0.1, 0.15) is 37.5 Å². The van der Waals surface area contributed by atoms with Crippen LogP contribution >= 0.6 is 0 Å². The van der Waals surface area contributed by atoms with Gasteiger partial charge in [-0.15, -0.1) is 0 Å². The van der Waals surface area contributed by atoms with Gasteiger partial charge in [-0.05, 0) is 81.3 Å². The summed E-state index contributed by atoms with van der Waals surface area (Å²) in [4.78, 5) is 11.2. The summed E-state index contributed by atoms with van der Waals surface area (Å²) in [5, 5.41) is 2.40. The molecule has 0 saturated carbocycles. The lowest BCUT2D eigenvalue weighted by Gasteiger charge is -2.22. The van der Waals surface area contributed by atoms with Crippen molar-refractivity contribution in [2.24, 2.45) is 0 Å². The van der Waals surface area contributed by atoms with Crippen LogP contribution in [0, 0.1) is 0 Å². The molecule has 3 nitrogen and oxygen atoms in total. The van der Waals surface area contributed by atoms with Crippen LogP contribution in [0.25, 0.3) is 83.6 Å². The number of para-hydroxylation sites is 1. The van der Waals surface area contributed by atoms with Gasteiger partial charge >= 0.3 is 0 Å². The molecule has 0 radical (unpaired) electrons. The lowest BCUT2D eigenvalue weighted by molar-refractivity contribution is 0.661. The predicted molar refractivity (Wildman–Crippen MR) is 225 cm³/mol. The fraction of sp³-hybridized carbons (Fsp3) is 0.0980. The van der Waals surface area contributed by atoms with E-state index >= 15 is 0 Å². The van der Waals surface area contributed by atoms with Crippen molar-refractivity contribution in [3.05, 3.63) is 187 Å². The first-order chi connectivity index (χ1) is 26.5. The van der Waals surface area contributed by atoms with Crippen LogP contribution in [0.4, 0.5) is 0 Å². The second-order valence-electron chi connectivity index (χ2n) is 14.9. The Morgan fingerprint density at radius 1 is 0.444 bits per heavy atom. The van der Waals surface area contributed by atoms with Crippen LogP contribution in [0.5, 0.6) is 0 Å². The first-order valence-corrected chi connectivity index (χ1v) is 18.9. The van der Waals surface area contributed by atoms with Gasteiger partial charge in [-0.3, -0.25) is 4.57 Å². The molecule has 9 aromatic rings. The summed E-state index contributed by atoms with van der Waals surface area (Å²) in [5.74, 6) is 0.673. The van der Waals surface area contributed by atoms with E-state index in [0.717, 1.165) is 56.7 Å². The van der Waals surface area contributed by atoms with E-state index in [0.29, 0.717) is 5.95 Å². The molecule has 2 heterocycles. The van der Waals surface area contributed by atoms with Gasteiger partial charge in [0.05, 0.1) is 22.4 Å². The number of nitrogens with zero attached hydrogens (tertiary/aromatic N) is 3. The van der Waals surface area contributed by atoms with E-state index in [2.05, 4.69) is 195 Å². The molecule has 0 atom stereocenters. The number of aromatic nitrogens is 3. The maximum Gasteiger partial charge on any atom is 0.235 e. The zero-order valence-electron chi connectivity index (χ0n) is 30.7. The number of hydrogen-bond donors (Lipinski definition) is 0. The molecular weight excluding hydrogens is 655 g/mol. The highest BCUT2D eigenvalue weighted by atomic mass is 15.2. The van der Waals surface area contributed by atoms with Gasteiger partial charge in [0.15, 0.2) is 0 Å². The van der Waals surface area contributed by atoms with Crippen molar-refractivity contribution < 1.29 is 0 Å². The molecule has 0 bridgehead atoms. The molecule has 0 amide bonds. The largest absolute Gasteiger partial charge is 0.278 e. The Balaban J connectivity index is 1.27. The average molecular weight is 694 g/mol. The normalized spacial score (nSPS) is 12.9. The highest BCUT2D eigenvalue weighted by Gasteiger charge is 2.36. The molecule has 0 N–H and O–H groups in total. The van der Waals surface area contributed by atoms with E-state index < -0.39 is 0 Å². The van der Waals surface area contributed by atoms with Gasteiger partial charge in [0, 0.05) is 32.9 Å². The Labute approximate surface area is 316 Å². The standard InChI is InChI=1S/C51H39N3/c1-4-39-48(37-23-15-21-35(29-37)33-17-7-5-8-18-33)52-50(53-49(39)38-24-16-22-36(30-38)34-19-9-6-10-20-34)54-46-28-14-12-26-41(46)43-31-42-40-25-11-13-27-44(40)51(2,3)45(42)32-47(43)54/h5-32H,4H2,1-3H3. The van der Waals surface area contributed by atoms with Gasteiger partial charge in [0.25, 0.3) is 0 Å². The van der Waals surface area contributed by atoms with Gasteiger partial charge in [-0.25, -0.2) is 9.97 Å². The van der Waals surface area contributed by atoms with Crippen molar-refractivity contribution >= 4 is 21.8 Å². The second kappa shape index (κ2) is 12.5. The Bertz CT molecular complexity index is 2780. The molecule has 10 rings (SSSR count). The van der Waals surface area contributed by atoms with E-state index in [9.17, 15) is 0 Å². The molecule has 0 aliphatic heterocycles. The average Bonchev–Trinajstić information content (AvgIpc) is 3.68. The molecular formula is C51H39N3. The van der Waals surface area contributed by atoms with Crippen LogP contribution in [-0.4, -0.2) is 14.5 Å². The lowest BCUT2D eigenvalue weighted by Crippen LogP contribution is -2.15. The molecule has 0 saturated heterocycles. The fourth-order valence-electron chi connectivity index (χ4n) is 8.72. The van der Waals surface area contributed by atoms with Gasteiger partial charge in [-0.1, -0.05) is 160 Å². The van der Waals surface area contributed by atoms with Gasteiger partial charge in [0.2, 0.25) is 5.95 Å². The second-order valence-corrected chi connectivity index (χ2v) is 14.9. The van der Waals surface area contributed by atoms with E-state index in [-0.39, 0.29) is 5.41 Å². The van der Waals surface area contributed by atoms with Gasteiger partial charge in [-0.2, -0.15) is 0 Å². The zero-order valence-corrected chi connectivity index (χ0v) is 30.7. The Morgan fingerprint density at radius 3 is 1.61 bits per heavy atom. The van der Waals surface area contributed by atoms with Crippen LogP contribution in [-0.2, 0) is 11.8 Å². The summed E-state index contributed by atoms with van der Waals surface area (Å²) >= 11 is 0. The molecule has 0 fully saturated rings. The third-order valence-corrected chi connectivity index (χ3v) is 11.4. The van der Waals surface area contributed by atoms with Gasteiger partial charge < -0.3 is 0 Å². The topological polar surface area (TPSA) is 30.7 Å². The van der Waals surface area contributed by atoms with E-state index in [4.69, 9.17) is 9.97 Å². The van der Waals surface area contributed by atoms with E-state index in [1.165, 1.54) is 44.2 Å². The molecule has 7 aromatic carbocycles. The van der Waals surface area contributed by atoms with Crippen LogP contribution < -0.4 is 0 Å². The highest BCUT2D eigenvalue weighted by molar-refractivity contribution is 6.11. The molecule has 258 valence electrons. The fourth-order valence-corrected chi connectivity index (χ4v) is 8.72. The summed E-state index contributed by atoms with van der Waals surface area (Å²) in [5.41, 5.74) is 17.3. The smallest absolute Gasteiger partial charge is 0.235 e. The quantitative estimate of drug-likeness (QED) is 0.174. The van der Waals surface area contributed by atoms with Crippen LogP contribution in [0.2, 0.25) is 0 Å². The number of hydrogen-bond acceptors (Lipinski definition) is 2. The van der Waals surface area contributed by atoms with Crippen molar-refractivity contribution in [1.82, 2.24) is 14.5 Å². The van der Waals surface area contributed by atoms with Crippen LogP contribution in [0.15, 0.2) is 170 Å². The minimum Gasteiger partial charge on any atom is -0.278 e. The van der Waals surface area contributed by atoms with Crippen molar-refractivity contribution in [2.45, 2.75) is 32.6 Å². The molecule has 0 spiro atoms. The summed E-state index contributed by atoms with van der Waals surface area (Å²) in [7, 11) is 0. The summed E-state index contributed by atoms with van der Waals surface area (Å²) in [6, 6.07) is 61.2. The SMILES string of the molecule is CCc1c(-c2cccc(-c3ccccc3)c2)nc(-n2c3ccccc3c3cc4c(cc32)C(C)(C)c2ccccc2-4)nc1-c1cccc(-c2ccccc2)c1. The third kappa shape index (κ3) is 5.03. The van der Waals surface area contributed by atoms with Crippen molar-refractivity contribution in [2.75, 3.05) is 0 Å². The number of rotatable bonds is 6. The van der Waals surface area contributed by atoms with Crippen molar-refractivity contribution in [3.8, 4) is 61.8 Å². The summed E-state index contributed by atoms with van der Waals surface area (Å²) in [6.07, 6.45) is 0.781. The molecule has 0 unspecified atom stereocenters. The van der Waals surface area contributed by atoms with Crippen molar-refractivity contribution in [3.63, 3.8) is 0 Å². The predicted octanol–water partition coefficient (Wildman–Crippen LogP) is 13.1. The molecule has 2 aromatic heterocycles. The Hall–Kier alpha value is -6.58. The molecule has 54 heavy (non-hydrogen) atoms. The summed E-state index contributed by atoms with van der Waals surface area (Å²) in [6.45, 7) is 6.91. The maximum absolute atomic E-state index is 5.58. The third-order valence-electron chi connectivity index (χ3n) is 11.4. The molecule has 1 aliphatic rings. The summed E-state index contributed by atoms with van der Waals surface area (Å²) < 4.78 is 2.30. The van der Waals surface area contributed by atoms with Gasteiger partial charge in [0.1, 0.15) is 0 Å². The van der Waals surface area contributed by atoms with Crippen LogP contribution in [0.3, 0.4) is 0 Å². The molecule has 1 aliphatic carbocycles. The number of fused-ring (bicyclic) bond motifs is 6. The lowest BCUT2D eigenvalue weighted by atomic mass is 9.82. The van der Waals surface area contributed by atoms with Crippen molar-refractivity contribution in [1.29, 1.82) is 0 Å². The van der Waals surface area contributed by atoms with E-state index in [1.54, 1.807) is 0 Å². The number of benzene rings is 7. The highest BCUT2D eigenvalue weighted by Crippen LogP contribution is 2.51. The Morgan fingerprint density at radius 2 is 0.981 bits per heavy atom. The zero-order chi connectivity index (χ0) is 36.4. The Kier molecular flexibility index (Phi) is 7.45. The maximum atomic E-state index is 5.58. The first kappa shape index (κ1) is 32.1. The first-order valence-electron chi connectivity index (χ1n) is 18.9. The minimum atomic E-state index is -0.138. The molecule has 3 heteroatoms. The van der Waals surface area contributed by atoms with E-state index in [1.807, 2.05) is 0 Å². The monoisotopic (exact) mass is 693 g/mol. The minimum absolute atomic E-state index is 0.138.